The molecule has 0 fully saturated rings. The Morgan fingerprint density at radius 3 is 2.31 bits per heavy atom. The summed E-state index contributed by atoms with van der Waals surface area (Å²) in [5.41, 5.74) is 11.1. The number of rotatable bonds is 10. The van der Waals surface area contributed by atoms with Crippen molar-refractivity contribution in [2.24, 2.45) is 0 Å². The molecule has 0 aliphatic heterocycles. The van der Waals surface area contributed by atoms with Crippen LogP contribution < -0.4 is 11.3 Å². The number of nitrogens with zero attached hydrogens (tertiary/aromatic N) is 3. The average molecular weight is 599 g/mol. The van der Waals surface area contributed by atoms with Gasteiger partial charge in [-0.15, -0.1) is 0 Å². The Hall–Kier alpha value is -3.78. The van der Waals surface area contributed by atoms with Crippen molar-refractivity contribution in [2.75, 3.05) is 5.73 Å². The number of hydrogen-bond acceptors (Lipinski definition) is 3. The van der Waals surface area contributed by atoms with Gasteiger partial charge in [-0.05, 0) is 60.2 Å². The van der Waals surface area contributed by atoms with Crippen molar-refractivity contribution in [2.45, 2.75) is 71.6 Å². The van der Waals surface area contributed by atoms with Crippen LogP contribution in [0.1, 0.15) is 74.6 Å². The highest BCUT2D eigenvalue weighted by atomic mass is 35.5. The molecule has 0 spiro atoms. The van der Waals surface area contributed by atoms with Crippen molar-refractivity contribution in [1.29, 1.82) is 0 Å². The van der Waals surface area contributed by atoms with Gasteiger partial charge in [0.05, 0.1) is 25.2 Å². The summed E-state index contributed by atoms with van der Waals surface area (Å²) in [4.78, 5) is 11.8. The maximum atomic E-state index is 13.2. The lowest BCUT2D eigenvalue weighted by Gasteiger charge is -2.17. The van der Waals surface area contributed by atoms with E-state index in [2.05, 4.69) is 25.0 Å². The monoisotopic (exact) mass is 598 g/mol. The first kappa shape index (κ1) is 32.7. The zero-order valence-electron chi connectivity index (χ0n) is 24.2. The Bertz CT molecular complexity index is 1510. The molecule has 224 valence electrons. The van der Waals surface area contributed by atoms with Crippen LogP contribution >= 0.6 is 11.6 Å². The van der Waals surface area contributed by atoms with E-state index in [1.807, 2.05) is 42.5 Å². The molecule has 0 bridgehead atoms. The van der Waals surface area contributed by atoms with Crippen molar-refractivity contribution >= 4 is 22.9 Å². The van der Waals surface area contributed by atoms with Crippen LogP contribution in [0.5, 0.6) is 0 Å². The lowest BCUT2D eigenvalue weighted by atomic mass is 9.97. The van der Waals surface area contributed by atoms with Crippen LogP contribution in [0, 0.1) is 0 Å². The zero-order chi connectivity index (χ0) is 30.7. The first-order valence-corrected chi connectivity index (χ1v) is 14.5. The lowest BCUT2D eigenvalue weighted by Crippen LogP contribution is -2.20. The summed E-state index contributed by atoms with van der Waals surface area (Å²) < 4.78 is 42.8. The number of pyridine rings is 1. The maximum absolute atomic E-state index is 13.2. The van der Waals surface area contributed by atoms with Crippen molar-refractivity contribution in [3.8, 4) is 0 Å². The molecule has 1 unspecified atom stereocenters. The van der Waals surface area contributed by atoms with E-state index in [0.29, 0.717) is 19.5 Å². The molecule has 9 heteroatoms. The molecule has 2 N–H and O–H groups in total. The Balaban J connectivity index is 0.000000291. The van der Waals surface area contributed by atoms with Crippen molar-refractivity contribution in [3.63, 3.8) is 0 Å². The highest BCUT2D eigenvalue weighted by Gasteiger charge is 2.40. The fraction of sp³-hybridized carbons (Fsp3) is 0.333. The highest BCUT2D eigenvalue weighted by Crippen LogP contribution is 2.38. The molecular formula is C33H38ClF3N4O. The number of benzene rings is 2. The number of aromatic nitrogens is 3. The van der Waals surface area contributed by atoms with Crippen LogP contribution in [0.2, 0.25) is 5.02 Å². The molecule has 4 rings (SSSR count). The number of nitrogens with two attached hydrogens (primary N) is 1. The van der Waals surface area contributed by atoms with Crippen LogP contribution in [-0.2, 0) is 13.1 Å². The Morgan fingerprint density at radius 2 is 1.71 bits per heavy atom. The summed E-state index contributed by atoms with van der Waals surface area (Å²) in [6.45, 7) is 6.85. The van der Waals surface area contributed by atoms with Crippen LogP contribution in [0.4, 0.5) is 18.9 Å². The van der Waals surface area contributed by atoms with Crippen LogP contribution in [0.3, 0.4) is 0 Å². The largest absolute Gasteiger partial charge is 0.398 e. The Kier molecular flexibility index (Phi) is 12.0. The van der Waals surface area contributed by atoms with Gasteiger partial charge in [-0.2, -0.15) is 18.3 Å². The van der Waals surface area contributed by atoms with Gasteiger partial charge in [0.15, 0.2) is 0 Å². The smallest absolute Gasteiger partial charge is 0.395 e. The van der Waals surface area contributed by atoms with E-state index in [0.717, 1.165) is 40.2 Å². The third-order valence-corrected chi connectivity index (χ3v) is 7.08. The normalized spacial score (nSPS) is 12.5. The molecule has 4 aromatic rings. The standard InChI is InChI=1S/C21H22F3N3O.C12H16ClN/c1-2-5-19(21(22,23)24)18-12-25-27(15-18)14-17-9-7-16(8-10-17)13-26-11-4-3-6-20(26)28;1-3-5-9(4-2)11-8-10(13)6-7-12(11)14/h3-4,6-12,15,19H,2,5,13-14H2,1H3;5-8H,3-4,14H2,1-2H3/b;9-5+. The molecule has 42 heavy (non-hydrogen) atoms. The number of anilines is 1. The Labute approximate surface area is 250 Å². The molecule has 0 saturated carbocycles. The number of nitrogen functional groups attached to an aromatic ring is 1. The third kappa shape index (κ3) is 9.38. The van der Waals surface area contributed by atoms with E-state index >= 15 is 0 Å². The zero-order valence-corrected chi connectivity index (χ0v) is 25.0. The van der Waals surface area contributed by atoms with Crippen LogP contribution in [-0.4, -0.2) is 20.5 Å². The van der Waals surface area contributed by atoms with E-state index < -0.39 is 12.1 Å². The SMILES string of the molecule is CC/C=C(\CC)c1cc(Cl)ccc1N.CCCC(c1cnn(Cc2ccc(Cn3ccccc3=O)cc2)c1)C(F)(F)F. The van der Waals surface area contributed by atoms with Crippen molar-refractivity contribution in [1.82, 2.24) is 14.3 Å². The van der Waals surface area contributed by atoms with E-state index in [1.165, 1.54) is 28.7 Å². The van der Waals surface area contributed by atoms with Gasteiger partial charge < -0.3 is 10.3 Å². The summed E-state index contributed by atoms with van der Waals surface area (Å²) in [6.07, 6.45) is 4.98. The van der Waals surface area contributed by atoms with Gasteiger partial charge in [-0.3, -0.25) is 9.48 Å². The van der Waals surface area contributed by atoms with Gasteiger partial charge in [-0.1, -0.05) is 75.2 Å². The fourth-order valence-electron chi connectivity index (χ4n) is 4.68. The summed E-state index contributed by atoms with van der Waals surface area (Å²) in [7, 11) is 0. The molecule has 0 amide bonds. The minimum atomic E-state index is -4.26. The maximum Gasteiger partial charge on any atom is 0.395 e. The molecule has 0 aliphatic carbocycles. The fourth-order valence-corrected chi connectivity index (χ4v) is 4.85. The molecular weight excluding hydrogens is 561 g/mol. The third-order valence-electron chi connectivity index (χ3n) is 6.84. The quantitative estimate of drug-likeness (QED) is 0.186. The van der Waals surface area contributed by atoms with Gasteiger partial charge in [0.1, 0.15) is 0 Å². The first-order chi connectivity index (χ1) is 20.0. The molecule has 1 atom stereocenters. The van der Waals surface area contributed by atoms with Gasteiger partial charge in [-0.25, -0.2) is 0 Å². The summed E-state index contributed by atoms with van der Waals surface area (Å²) in [5.74, 6) is -1.47. The lowest BCUT2D eigenvalue weighted by molar-refractivity contribution is -0.152. The summed E-state index contributed by atoms with van der Waals surface area (Å²) >= 11 is 5.94. The number of alkyl halides is 3. The average Bonchev–Trinajstić information content (AvgIpc) is 3.41. The topological polar surface area (TPSA) is 65.8 Å². The van der Waals surface area contributed by atoms with Gasteiger partial charge in [0.2, 0.25) is 0 Å². The minimum Gasteiger partial charge on any atom is -0.398 e. The van der Waals surface area contributed by atoms with Crippen LogP contribution in [0.25, 0.3) is 5.57 Å². The van der Waals surface area contributed by atoms with E-state index in [9.17, 15) is 18.0 Å². The Morgan fingerprint density at radius 1 is 1.02 bits per heavy atom. The molecule has 0 radical (unpaired) electrons. The molecule has 0 aliphatic rings. The molecule has 2 aromatic carbocycles. The predicted octanol–water partition coefficient (Wildman–Crippen LogP) is 8.71. The molecule has 5 nitrogen and oxygen atoms in total. The molecule has 2 aromatic heterocycles. The second-order valence-corrected chi connectivity index (χ2v) is 10.5. The number of halogens is 4. The van der Waals surface area contributed by atoms with Crippen molar-refractivity contribution < 1.29 is 13.2 Å². The van der Waals surface area contributed by atoms with Gasteiger partial charge in [0.25, 0.3) is 5.56 Å². The predicted molar refractivity (Wildman–Crippen MR) is 166 cm³/mol. The van der Waals surface area contributed by atoms with E-state index in [1.54, 1.807) is 29.8 Å². The first-order valence-electron chi connectivity index (χ1n) is 14.1. The summed E-state index contributed by atoms with van der Waals surface area (Å²) in [5, 5.41) is 4.84. The van der Waals surface area contributed by atoms with E-state index in [4.69, 9.17) is 17.3 Å². The second-order valence-electron chi connectivity index (χ2n) is 10.1. The molecule has 0 saturated heterocycles. The highest BCUT2D eigenvalue weighted by molar-refractivity contribution is 6.30. The van der Waals surface area contributed by atoms with Gasteiger partial charge >= 0.3 is 6.18 Å². The van der Waals surface area contributed by atoms with Crippen LogP contribution in [0.15, 0.2) is 90.1 Å². The minimum absolute atomic E-state index is 0.0583. The van der Waals surface area contributed by atoms with Gasteiger partial charge in [0, 0.05) is 40.3 Å². The number of allylic oxidation sites excluding steroid dienone is 2. The summed E-state index contributed by atoms with van der Waals surface area (Å²) in [6, 6.07) is 18.2. The molecule has 2 heterocycles. The second kappa shape index (κ2) is 15.4. The van der Waals surface area contributed by atoms with E-state index in [-0.39, 0.29) is 17.5 Å². The van der Waals surface area contributed by atoms with Crippen molar-refractivity contribution in [3.05, 3.63) is 123 Å². The number of hydrogen-bond donors (Lipinski definition) is 1.